The summed E-state index contributed by atoms with van der Waals surface area (Å²) < 4.78 is 21.4. The normalized spacial score (nSPS) is 14.2. The number of imidazole rings is 1. The Labute approximate surface area is 126 Å². The first-order valence-corrected chi connectivity index (χ1v) is 7.12. The number of methoxy groups -OCH3 is 1. The molecule has 110 valence electrons. The number of nitrogens with one attached hydrogen (secondary N) is 1. The summed E-state index contributed by atoms with van der Waals surface area (Å²) in [5, 5.41) is 0. The molecular formula is C15H15FN2O2S. The lowest BCUT2D eigenvalue weighted by Crippen LogP contribution is -2.04. The van der Waals surface area contributed by atoms with E-state index >= 15 is 0 Å². The summed E-state index contributed by atoms with van der Waals surface area (Å²) in [7, 11) is 1.41. The molecular weight excluding hydrogens is 291 g/mol. The van der Waals surface area contributed by atoms with Gasteiger partial charge in [-0.2, -0.15) is 0 Å². The van der Waals surface area contributed by atoms with Gasteiger partial charge >= 0.3 is 0 Å². The number of ketones is 1. The average molecular weight is 306 g/mol. The summed E-state index contributed by atoms with van der Waals surface area (Å²) in [4.78, 5) is 14.8. The molecule has 0 spiro atoms. The largest absolute Gasteiger partial charge is 0.496 e. The molecule has 1 aliphatic carbocycles. The molecule has 0 amide bonds. The minimum atomic E-state index is -0.478. The molecule has 21 heavy (non-hydrogen) atoms. The molecule has 1 fully saturated rings. The van der Waals surface area contributed by atoms with Crippen molar-refractivity contribution in [3.63, 3.8) is 0 Å². The zero-order valence-corrected chi connectivity index (χ0v) is 12.6. The van der Waals surface area contributed by atoms with E-state index in [1.54, 1.807) is 4.57 Å². The lowest BCUT2D eigenvalue weighted by molar-refractivity contribution is 0.101. The summed E-state index contributed by atoms with van der Waals surface area (Å²) >= 11 is 5.26. The van der Waals surface area contributed by atoms with E-state index < -0.39 is 5.82 Å². The van der Waals surface area contributed by atoms with Gasteiger partial charge in [0.25, 0.3) is 0 Å². The maximum absolute atomic E-state index is 14.3. The van der Waals surface area contributed by atoms with Crippen LogP contribution in [0, 0.1) is 10.6 Å². The van der Waals surface area contributed by atoms with Gasteiger partial charge in [0.05, 0.1) is 18.4 Å². The van der Waals surface area contributed by atoms with Crippen molar-refractivity contribution in [3.8, 4) is 11.4 Å². The predicted molar refractivity (Wildman–Crippen MR) is 79.4 cm³/mol. The van der Waals surface area contributed by atoms with Crippen LogP contribution in [0.2, 0.25) is 0 Å². The van der Waals surface area contributed by atoms with Gasteiger partial charge in [-0.1, -0.05) is 0 Å². The fraction of sp³-hybridized carbons (Fsp3) is 0.333. The highest BCUT2D eigenvalue weighted by Crippen LogP contribution is 2.39. The number of halogens is 1. The Morgan fingerprint density at radius 2 is 2.19 bits per heavy atom. The number of nitrogens with zero attached hydrogens (tertiary/aromatic N) is 1. The van der Waals surface area contributed by atoms with E-state index in [0.29, 0.717) is 16.3 Å². The van der Waals surface area contributed by atoms with Crippen molar-refractivity contribution < 1.29 is 13.9 Å². The van der Waals surface area contributed by atoms with Crippen molar-refractivity contribution in [2.75, 3.05) is 7.11 Å². The second-order valence-electron chi connectivity index (χ2n) is 5.22. The van der Waals surface area contributed by atoms with Crippen molar-refractivity contribution in [1.82, 2.24) is 9.55 Å². The van der Waals surface area contributed by atoms with Crippen LogP contribution in [0.25, 0.3) is 5.69 Å². The van der Waals surface area contributed by atoms with Gasteiger partial charge in [-0.25, -0.2) is 4.39 Å². The third-order valence-corrected chi connectivity index (χ3v) is 3.96. The van der Waals surface area contributed by atoms with E-state index in [1.165, 1.54) is 26.2 Å². The van der Waals surface area contributed by atoms with E-state index in [1.807, 2.05) is 6.20 Å². The first-order chi connectivity index (χ1) is 10.0. The highest BCUT2D eigenvalue weighted by atomic mass is 32.1. The van der Waals surface area contributed by atoms with Crippen LogP contribution in [0.15, 0.2) is 18.3 Å². The first-order valence-electron chi connectivity index (χ1n) is 6.71. The van der Waals surface area contributed by atoms with E-state index in [4.69, 9.17) is 17.0 Å². The highest BCUT2D eigenvalue weighted by molar-refractivity contribution is 7.71. The Hall–Kier alpha value is -1.95. The minimum Gasteiger partial charge on any atom is -0.496 e. The van der Waals surface area contributed by atoms with Crippen LogP contribution in [-0.4, -0.2) is 22.4 Å². The molecule has 0 bridgehead atoms. The quantitative estimate of drug-likeness (QED) is 0.691. The van der Waals surface area contributed by atoms with Crippen molar-refractivity contribution in [2.24, 2.45) is 0 Å². The molecule has 1 N–H and O–H groups in total. The molecule has 0 aliphatic heterocycles. The Bertz CT molecular complexity index is 774. The molecule has 3 rings (SSSR count). The Kier molecular flexibility index (Phi) is 3.41. The summed E-state index contributed by atoms with van der Waals surface area (Å²) in [6, 6.07) is 2.70. The number of rotatable bonds is 4. The van der Waals surface area contributed by atoms with Crippen LogP contribution in [0.4, 0.5) is 4.39 Å². The number of carbonyl (C=O) groups is 1. The summed E-state index contributed by atoms with van der Waals surface area (Å²) in [5.41, 5.74) is 1.61. The van der Waals surface area contributed by atoms with Crippen LogP contribution in [0.1, 0.15) is 41.7 Å². The van der Waals surface area contributed by atoms with Crippen molar-refractivity contribution in [3.05, 3.63) is 40.2 Å². The lowest BCUT2D eigenvalue weighted by atomic mass is 10.1. The van der Waals surface area contributed by atoms with Gasteiger partial charge in [0.15, 0.2) is 16.4 Å². The van der Waals surface area contributed by atoms with E-state index in [9.17, 15) is 9.18 Å². The first kappa shape index (κ1) is 14.0. The molecule has 6 heteroatoms. The Morgan fingerprint density at radius 3 is 2.76 bits per heavy atom. The van der Waals surface area contributed by atoms with Crippen molar-refractivity contribution in [2.45, 2.75) is 25.7 Å². The van der Waals surface area contributed by atoms with Gasteiger partial charge in [0, 0.05) is 23.9 Å². The standard InChI is InChI=1S/C15H15FN2O2S/c1-8(19)10-5-13(11(16)6-14(10)20-2)18-7-12(9-3-4-9)17-15(18)21/h5-7,9H,3-4H2,1-2H3,(H,17,21). The predicted octanol–water partition coefficient (Wildman–Crippen LogP) is 3.76. The van der Waals surface area contributed by atoms with Gasteiger partial charge in [-0.15, -0.1) is 0 Å². The smallest absolute Gasteiger partial charge is 0.182 e. The number of ether oxygens (including phenoxy) is 1. The molecule has 1 aromatic carbocycles. The number of Topliss-reactive ketones (excluding diaryl/α,β-unsaturated/α-hetero) is 1. The number of H-pyrrole nitrogens is 1. The third-order valence-electron chi connectivity index (χ3n) is 3.66. The second kappa shape index (κ2) is 5.11. The Balaban J connectivity index is 2.15. The van der Waals surface area contributed by atoms with E-state index in [0.717, 1.165) is 18.5 Å². The van der Waals surface area contributed by atoms with Crippen molar-refractivity contribution >= 4 is 18.0 Å². The fourth-order valence-electron chi connectivity index (χ4n) is 2.37. The molecule has 0 radical (unpaired) electrons. The van der Waals surface area contributed by atoms with Crippen LogP contribution >= 0.6 is 12.2 Å². The molecule has 0 atom stereocenters. The van der Waals surface area contributed by atoms with Gasteiger partial charge in [-0.3, -0.25) is 9.36 Å². The van der Waals surface area contributed by atoms with Gasteiger partial charge in [0.1, 0.15) is 5.75 Å². The molecule has 4 nitrogen and oxygen atoms in total. The van der Waals surface area contributed by atoms with Crippen molar-refractivity contribution in [1.29, 1.82) is 0 Å². The zero-order chi connectivity index (χ0) is 15.1. The maximum atomic E-state index is 14.3. The van der Waals surface area contributed by atoms with E-state index in [-0.39, 0.29) is 17.2 Å². The SMILES string of the molecule is COc1cc(F)c(-n2cc(C3CC3)[nH]c2=S)cc1C(C)=O. The third kappa shape index (κ3) is 2.51. The molecule has 2 aromatic rings. The molecule has 1 aliphatic rings. The number of aromatic nitrogens is 2. The van der Waals surface area contributed by atoms with Crippen LogP contribution in [0.5, 0.6) is 5.75 Å². The lowest BCUT2D eigenvalue weighted by Gasteiger charge is -2.10. The maximum Gasteiger partial charge on any atom is 0.182 e. The number of hydrogen-bond acceptors (Lipinski definition) is 3. The monoisotopic (exact) mass is 306 g/mol. The second-order valence-corrected chi connectivity index (χ2v) is 5.61. The average Bonchev–Trinajstić information content (AvgIpc) is 3.22. The topological polar surface area (TPSA) is 47.0 Å². The van der Waals surface area contributed by atoms with Crippen LogP contribution in [0.3, 0.4) is 0 Å². The highest BCUT2D eigenvalue weighted by Gasteiger charge is 2.26. The Morgan fingerprint density at radius 1 is 1.48 bits per heavy atom. The molecule has 1 heterocycles. The number of carbonyl (C=O) groups excluding carboxylic acids is 1. The summed E-state index contributed by atoms with van der Waals surface area (Å²) in [6.07, 6.45) is 4.06. The van der Waals surface area contributed by atoms with Crippen LogP contribution in [-0.2, 0) is 0 Å². The van der Waals surface area contributed by atoms with Gasteiger partial charge in [0.2, 0.25) is 0 Å². The van der Waals surface area contributed by atoms with E-state index in [2.05, 4.69) is 4.98 Å². The van der Waals surface area contributed by atoms with Gasteiger partial charge in [-0.05, 0) is 38.0 Å². The molecule has 0 saturated heterocycles. The zero-order valence-electron chi connectivity index (χ0n) is 11.8. The molecule has 0 unspecified atom stereocenters. The fourth-order valence-corrected chi connectivity index (χ4v) is 2.64. The summed E-state index contributed by atoms with van der Waals surface area (Å²) in [5.74, 6) is 0.0571. The number of benzene rings is 1. The van der Waals surface area contributed by atoms with Crippen LogP contribution < -0.4 is 4.74 Å². The minimum absolute atomic E-state index is 0.183. The number of hydrogen-bond donors (Lipinski definition) is 1. The number of aromatic amines is 1. The summed E-state index contributed by atoms with van der Waals surface area (Å²) in [6.45, 7) is 1.42. The van der Waals surface area contributed by atoms with Gasteiger partial charge < -0.3 is 9.72 Å². The molecule has 1 aromatic heterocycles. The molecule has 1 saturated carbocycles.